The van der Waals surface area contributed by atoms with E-state index in [0.717, 1.165) is 0 Å². The van der Waals surface area contributed by atoms with Crippen LogP contribution in [0.15, 0.2) is 0 Å². The van der Waals surface area contributed by atoms with Crippen molar-refractivity contribution in [1.82, 2.24) is 20.4 Å². The Hall–Kier alpha value is -0.280. The van der Waals surface area contributed by atoms with E-state index in [-0.39, 0.29) is 0 Å². The fraction of sp³-hybridized carbons (Fsp3) is 1.00. The summed E-state index contributed by atoms with van der Waals surface area (Å²) in [5, 5.41) is 25.5. The van der Waals surface area contributed by atoms with Crippen LogP contribution in [0, 0.1) is 0 Å². The number of nitrogens with one attached hydrogen (secondary N) is 2. The standard InChI is InChI=1S/C12H30N4O3/c1-9(17)15(7)11(3,13-5)19-12(4,14-6)16(8)10(2)18/h9-10,13-14,17-18H,1-8H3. The van der Waals surface area contributed by atoms with Crippen molar-refractivity contribution in [2.24, 2.45) is 0 Å². The Kier molecular flexibility index (Phi) is 6.84. The molecule has 0 aromatic rings. The Morgan fingerprint density at radius 1 is 0.895 bits per heavy atom. The smallest absolute Gasteiger partial charge is 0.179 e. The molecule has 116 valence electrons. The summed E-state index contributed by atoms with van der Waals surface area (Å²) in [6.07, 6.45) is -1.37. The molecule has 0 saturated carbocycles. The SMILES string of the molecule is CNC(C)(OC(C)(NC)N(C)C(C)O)N(C)C(C)O. The molecule has 0 fully saturated rings. The molecule has 7 nitrogen and oxygen atoms in total. The Labute approximate surface area is 116 Å². The Morgan fingerprint density at radius 3 is 1.32 bits per heavy atom. The topological polar surface area (TPSA) is 80.2 Å². The lowest BCUT2D eigenvalue weighted by molar-refractivity contribution is -0.308. The molecule has 7 heteroatoms. The van der Waals surface area contributed by atoms with Gasteiger partial charge in [-0.3, -0.25) is 10.6 Å². The normalized spacial score (nSPS) is 22.1. The van der Waals surface area contributed by atoms with E-state index >= 15 is 0 Å². The molecular formula is C12H30N4O3. The summed E-state index contributed by atoms with van der Waals surface area (Å²) in [7, 11) is 6.99. The average molecular weight is 278 g/mol. The monoisotopic (exact) mass is 278 g/mol. The highest BCUT2D eigenvalue weighted by Gasteiger charge is 2.42. The minimum absolute atomic E-state index is 0.685. The molecule has 0 heterocycles. The Balaban J connectivity index is 5.21. The van der Waals surface area contributed by atoms with Crippen LogP contribution in [0.1, 0.15) is 27.7 Å². The summed E-state index contributed by atoms with van der Waals surface area (Å²) < 4.78 is 6.08. The van der Waals surface area contributed by atoms with Crippen molar-refractivity contribution in [3.05, 3.63) is 0 Å². The van der Waals surface area contributed by atoms with E-state index < -0.39 is 24.2 Å². The van der Waals surface area contributed by atoms with Gasteiger partial charge in [0.1, 0.15) is 12.5 Å². The van der Waals surface area contributed by atoms with Crippen LogP contribution in [0.5, 0.6) is 0 Å². The highest BCUT2D eigenvalue weighted by atomic mass is 16.6. The first-order valence-corrected chi connectivity index (χ1v) is 6.44. The number of hydrogen-bond donors (Lipinski definition) is 4. The van der Waals surface area contributed by atoms with Gasteiger partial charge in [0.2, 0.25) is 0 Å². The van der Waals surface area contributed by atoms with Crippen molar-refractivity contribution in [3.8, 4) is 0 Å². The maximum absolute atomic E-state index is 9.73. The maximum Gasteiger partial charge on any atom is 0.179 e. The number of ether oxygens (including phenoxy) is 1. The first-order chi connectivity index (χ1) is 8.54. The van der Waals surface area contributed by atoms with Gasteiger partial charge in [0.25, 0.3) is 0 Å². The van der Waals surface area contributed by atoms with Crippen molar-refractivity contribution >= 4 is 0 Å². The lowest BCUT2D eigenvalue weighted by Crippen LogP contribution is -2.68. The molecule has 0 aliphatic heterocycles. The van der Waals surface area contributed by atoms with Crippen LogP contribution in [-0.4, -0.2) is 72.4 Å². The zero-order valence-corrected chi connectivity index (χ0v) is 13.4. The van der Waals surface area contributed by atoms with Gasteiger partial charge in [-0.1, -0.05) is 0 Å². The first kappa shape index (κ1) is 18.7. The van der Waals surface area contributed by atoms with Crippen LogP contribution < -0.4 is 10.6 Å². The van der Waals surface area contributed by atoms with E-state index in [9.17, 15) is 10.2 Å². The molecule has 0 rings (SSSR count). The van der Waals surface area contributed by atoms with E-state index in [2.05, 4.69) is 10.6 Å². The summed E-state index contributed by atoms with van der Waals surface area (Å²) in [6.45, 7) is 6.94. The molecule has 0 aliphatic carbocycles. The molecule has 0 aromatic heterocycles. The van der Waals surface area contributed by atoms with Gasteiger partial charge < -0.3 is 14.9 Å². The molecule has 0 saturated heterocycles. The Morgan fingerprint density at radius 2 is 1.16 bits per heavy atom. The summed E-state index contributed by atoms with van der Waals surface area (Å²) in [5.41, 5.74) is 0. The number of aliphatic hydroxyl groups is 2. The van der Waals surface area contributed by atoms with Crippen molar-refractivity contribution in [2.75, 3.05) is 28.2 Å². The first-order valence-electron chi connectivity index (χ1n) is 6.44. The molecule has 4 atom stereocenters. The predicted octanol–water partition coefficient (Wildman–Crippen LogP) is -0.671. The molecule has 0 spiro atoms. The second-order valence-electron chi connectivity index (χ2n) is 5.05. The minimum Gasteiger partial charge on any atom is -0.379 e. The predicted molar refractivity (Wildman–Crippen MR) is 74.9 cm³/mol. The summed E-state index contributed by atoms with van der Waals surface area (Å²) in [6, 6.07) is 0. The quantitative estimate of drug-likeness (QED) is 0.438. The van der Waals surface area contributed by atoms with Gasteiger partial charge in [0.05, 0.1) is 0 Å². The molecule has 0 bridgehead atoms. The van der Waals surface area contributed by atoms with Crippen LogP contribution in [-0.2, 0) is 4.74 Å². The molecular weight excluding hydrogens is 248 g/mol. The maximum atomic E-state index is 9.73. The fourth-order valence-electron chi connectivity index (χ4n) is 1.70. The van der Waals surface area contributed by atoms with E-state index in [0.29, 0.717) is 0 Å². The van der Waals surface area contributed by atoms with Gasteiger partial charge in [0, 0.05) is 0 Å². The van der Waals surface area contributed by atoms with E-state index in [4.69, 9.17) is 4.74 Å². The van der Waals surface area contributed by atoms with Gasteiger partial charge in [0.15, 0.2) is 11.7 Å². The summed E-state index contributed by atoms with van der Waals surface area (Å²) >= 11 is 0. The lowest BCUT2D eigenvalue weighted by atomic mass is 10.3. The van der Waals surface area contributed by atoms with Gasteiger partial charge in [-0.25, -0.2) is 9.80 Å². The minimum atomic E-state index is -0.908. The van der Waals surface area contributed by atoms with E-state index in [1.165, 1.54) is 0 Å². The number of aliphatic hydroxyl groups excluding tert-OH is 2. The third kappa shape index (κ3) is 4.35. The van der Waals surface area contributed by atoms with Gasteiger partial charge in [-0.05, 0) is 55.9 Å². The van der Waals surface area contributed by atoms with Crippen molar-refractivity contribution in [3.63, 3.8) is 0 Å². The molecule has 0 radical (unpaired) electrons. The average Bonchev–Trinajstić information content (AvgIpc) is 2.36. The highest BCUT2D eigenvalue weighted by Crippen LogP contribution is 2.23. The van der Waals surface area contributed by atoms with Gasteiger partial charge in [-0.2, -0.15) is 0 Å². The second-order valence-corrected chi connectivity index (χ2v) is 5.05. The van der Waals surface area contributed by atoms with Crippen LogP contribution in [0.25, 0.3) is 0 Å². The highest BCUT2D eigenvalue weighted by molar-refractivity contribution is 4.79. The third-order valence-electron chi connectivity index (χ3n) is 3.79. The van der Waals surface area contributed by atoms with Crippen LogP contribution in [0.2, 0.25) is 0 Å². The summed E-state index contributed by atoms with van der Waals surface area (Å²) in [4.78, 5) is 3.30. The number of nitrogens with zero attached hydrogens (tertiary/aromatic N) is 2. The van der Waals surface area contributed by atoms with Crippen LogP contribution in [0.4, 0.5) is 0 Å². The van der Waals surface area contributed by atoms with Crippen molar-refractivity contribution < 1.29 is 14.9 Å². The van der Waals surface area contributed by atoms with Crippen LogP contribution >= 0.6 is 0 Å². The van der Waals surface area contributed by atoms with Crippen molar-refractivity contribution in [2.45, 2.75) is 51.8 Å². The number of hydrogen-bond acceptors (Lipinski definition) is 7. The zero-order chi connectivity index (χ0) is 15.4. The lowest BCUT2D eigenvalue weighted by Gasteiger charge is -2.49. The van der Waals surface area contributed by atoms with E-state index in [1.54, 1.807) is 51.8 Å². The van der Waals surface area contributed by atoms with Crippen LogP contribution in [0.3, 0.4) is 0 Å². The van der Waals surface area contributed by atoms with Crippen molar-refractivity contribution in [1.29, 1.82) is 0 Å². The largest absolute Gasteiger partial charge is 0.379 e. The molecule has 0 aliphatic rings. The Bertz CT molecular complexity index is 252. The molecule has 4 N–H and O–H groups in total. The molecule has 4 unspecified atom stereocenters. The number of rotatable bonds is 8. The zero-order valence-electron chi connectivity index (χ0n) is 13.4. The van der Waals surface area contributed by atoms with Gasteiger partial charge in [-0.15, -0.1) is 0 Å². The molecule has 19 heavy (non-hydrogen) atoms. The second kappa shape index (κ2) is 6.94. The fourth-order valence-corrected chi connectivity index (χ4v) is 1.70. The van der Waals surface area contributed by atoms with E-state index in [1.807, 2.05) is 13.8 Å². The molecule has 0 amide bonds. The van der Waals surface area contributed by atoms with Gasteiger partial charge >= 0.3 is 0 Å². The summed E-state index contributed by atoms with van der Waals surface area (Å²) in [5.74, 6) is -1.82. The third-order valence-corrected chi connectivity index (χ3v) is 3.79. The molecule has 0 aromatic carbocycles.